The first-order chi connectivity index (χ1) is 12.6. The first-order valence-electron chi connectivity index (χ1n) is 8.64. The molecule has 6 nitrogen and oxygen atoms in total. The molecule has 1 aliphatic rings. The molecule has 3 N–H and O–H groups in total. The predicted octanol–water partition coefficient (Wildman–Crippen LogP) is 3.64. The van der Waals surface area contributed by atoms with Crippen molar-refractivity contribution >= 4 is 48.0 Å². The third kappa shape index (κ3) is 6.74. The fourth-order valence-corrected chi connectivity index (χ4v) is 2.92. The second-order valence-electron chi connectivity index (χ2n) is 6.30. The summed E-state index contributed by atoms with van der Waals surface area (Å²) in [5.74, 6) is -0.617. The minimum absolute atomic E-state index is 0. The lowest BCUT2D eigenvalue weighted by Gasteiger charge is -2.13. The number of aromatic nitrogens is 1. The maximum Gasteiger partial charge on any atom is 0.274 e. The minimum Gasteiger partial charge on any atom is -0.324 e. The molecule has 3 rings (SSSR count). The molecule has 1 aromatic carbocycles. The van der Waals surface area contributed by atoms with E-state index < -0.39 is 11.7 Å². The fourth-order valence-electron chi connectivity index (χ4n) is 2.92. The van der Waals surface area contributed by atoms with Crippen molar-refractivity contribution in [1.82, 2.24) is 10.3 Å². The summed E-state index contributed by atoms with van der Waals surface area (Å²) >= 11 is 0. The van der Waals surface area contributed by atoms with Crippen molar-refractivity contribution in [3.63, 3.8) is 0 Å². The normalized spacial score (nSPS) is 15.1. The first kappa shape index (κ1) is 23.8. The Hall–Kier alpha value is -2.22. The summed E-state index contributed by atoms with van der Waals surface area (Å²) in [6.45, 7) is 1.92. The second kappa shape index (κ2) is 11.6. The van der Waals surface area contributed by atoms with Gasteiger partial charge in [0, 0.05) is 12.6 Å². The Labute approximate surface area is 175 Å². The van der Waals surface area contributed by atoms with E-state index in [2.05, 4.69) is 20.9 Å². The minimum atomic E-state index is -0.490. The Morgan fingerprint density at radius 1 is 1.14 bits per heavy atom. The third-order valence-corrected chi connectivity index (χ3v) is 4.34. The molecule has 9 heteroatoms. The summed E-state index contributed by atoms with van der Waals surface area (Å²) in [6, 6.07) is 8.84. The third-order valence-electron chi connectivity index (χ3n) is 4.34. The topological polar surface area (TPSA) is 83.1 Å². The van der Waals surface area contributed by atoms with Crippen LogP contribution in [-0.2, 0) is 4.79 Å². The number of amides is 2. The van der Waals surface area contributed by atoms with E-state index in [0.717, 1.165) is 25.9 Å². The van der Waals surface area contributed by atoms with Crippen molar-refractivity contribution in [1.29, 1.82) is 0 Å². The van der Waals surface area contributed by atoms with E-state index in [1.54, 1.807) is 18.2 Å². The average molecular weight is 429 g/mol. The molecule has 1 fully saturated rings. The number of nitrogens with one attached hydrogen (secondary N) is 3. The summed E-state index contributed by atoms with van der Waals surface area (Å²) < 4.78 is 13.6. The van der Waals surface area contributed by atoms with E-state index in [9.17, 15) is 14.0 Å². The maximum absolute atomic E-state index is 13.6. The Morgan fingerprint density at radius 3 is 2.64 bits per heavy atom. The fraction of sp³-hybridized carbons (Fsp3) is 0.316. The van der Waals surface area contributed by atoms with E-state index in [1.807, 2.05) is 0 Å². The molecule has 1 aromatic heterocycles. The van der Waals surface area contributed by atoms with Gasteiger partial charge in [-0.3, -0.25) is 14.6 Å². The predicted molar refractivity (Wildman–Crippen MR) is 112 cm³/mol. The van der Waals surface area contributed by atoms with E-state index in [4.69, 9.17) is 0 Å². The van der Waals surface area contributed by atoms with Crippen LogP contribution in [0.15, 0.2) is 42.6 Å². The van der Waals surface area contributed by atoms with Crippen LogP contribution < -0.4 is 16.0 Å². The Morgan fingerprint density at radius 2 is 1.96 bits per heavy atom. The molecule has 1 saturated heterocycles. The van der Waals surface area contributed by atoms with Gasteiger partial charge in [0.1, 0.15) is 11.5 Å². The molecule has 2 aromatic rings. The van der Waals surface area contributed by atoms with Gasteiger partial charge in [0.15, 0.2) is 0 Å². The quantitative estimate of drug-likeness (QED) is 0.655. The molecule has 0 saturated carbocycles. The number of anilines is 2. The largest absolute Gasteiger partial charge is 0.324 e. The van der Waals surface area contributed by atoms with Gasteiger partial charge in [0.25, 0.3) is 5.91 Å². The van der Waals surface area contributed by atoms with Gasteiger partial charge in [-0.1, -0.05) is 6.07 Å². The van der Waals surface area contributed by atoms with Gasteiger partial charge in [-0.2, -0.15) is 0 Å². The molecule has 0 radical (unpaired) electrons. The number of nitrogens with zero attached hydrogens (tertiary/aromatic N) is 1. The Kier molecular flexibility index (Phi) is 9.85. The Balaban J connectivity index is 0.00000196. The highest BCUT2D eigenvalue weighted by atomic mass is 35.5. The zero-order chi connectivity index (χ0) is 18.4. The van der Waals surface area contributed by atoms with Gasteiger partial charge < -0.3 is 16.0 Å². The van der Waals surface area contributed by atoms with Crippen LogP contribution in [0.1, 0.15) is 29.8 Å². The number of carbonyl (C=O) groups excluding carboxylic acids is 2. The lowest BCUT2D eigenvalue weighted by molar-refractivity contribution is -0.116. The van der Waals surface area contributed by atoms with Gasteiger partial charge in [0.2, 0.25) is 5.91 Å². The smallest absolute Gasteiger partial charge is 0.274 e. The molecule has 1 atom stereocenters. The van der Waals surface area contributed by atoms with E-state index >= 15 is 0 Å². The summed E-state index contributed by atoms with van der Waals surface area (Å²) in [5.41, 5.74) is 0.810. The summed E-state index contributed by atoms with van der Waals surface area (Å²) in [7, 11) is 0. The summed E-state index contributed by atoms with van der Waals surface area (Å²) in [4.78, 5) is 28.4. The van der Waals surface area contributed by atoms with Gasteiger partial charge in [-0.25, -0.2) is 4.39 Å². The van der Waals surface area contributed by atoms with Crippen LogP contribution >= 0.6 is 24.8 Å². The van der Waals surface area contributed by atoms with Crippen LogP contribution in [0.2, 0.25) is 0 Å². The molecule has 2 heterocycles. The zero-order valence-electron chi connectivity index (χ0n) is 15.1. The van der Waals surface area contributed by atoms with Crippen molar-refractivity contribution in [3.05, 3.63) is 54.1 Å². The van der Waals surface area contributed by atoms with Gasteiger partial charge >= 0.3 is 0 Å². The van der Waals surface area contributed by atoms with Crippen LogP contribution in [0.3, 0.4) is 0 Å². The van der Waals surface area contributed by atoms with Gasteiger partial charge in [0.05, 0.1) is 11.4 Å². The molecule has 1 aliphatic heterocycles. The first-order valence-corrected chi connectivity index (χ1v) is 8.64. The molecule has 0 spiro atoms. The Bertz CT molecular complexity index is 787. The monoisotopic (exact) mass is 428 g/mol. The zero-order valence-corrected chi connectivity index (χ0v) is 16.7. The van der Waals surface area contributed by atoms with E-state index in [1.165, 1.54) is 24.4 Å². The maximum atomic E-state index is 13.6. The van der Waals surface area contributed by atoms with Crippen LogP contribution in [0.25, 0.3) is 0 Å². The standard InChI is InChI=1S/C19H21FN4O2.2ClH/c20-14-5-6-15(24-19(26)16-3-1-2-9-22-16)17(11-14)23-18(25)7-4-13-8-10-21-12-13;;/h1-3,5-6,9,11,13,21H,4,7-8,10,12H2,(H,23,25)(H,24,26);2*1H. The molecule has 152 valence electrons. The highest BCUT2D eigenvalue weighted by molar-refractivity contribution is 6.06. The number of pyridine rings is 1. The van der Waals surface area contributed by atoms with Gasteiger partial charge in [-0.15, -0.1) is 24.8 Å². The molecule has 28 heavy (non-hydrogen) atoms. The lowest BCUT2D eigenvalue weighted by Crippen LogP contribution is -2.18. The van der Waals surface area contributed by atoms with Crippen molar-refractivity contribution in [2.45, 2.75) is 19.3 Å². The van der Waals surface area contributed by atoms with Crippen LogP contribution in [-0.4, -0.2) is 29.9 Å². The van der Waals surface area contributed by atoms with Crippen molar-refractivity contribution in [3.8, 4) is 0 Å². The number of rotatable bonds is 6. The SMILES string of the molecule is Cl.Cl.O=C(CCC1CCNC1)Nc1cc(F)ccc1NC(=O)c1ccccn1. The number of halogens is 3. The average Bonchev–Trinajstić information content (AvgIpc) is 3.16. The van der Waals surface area contributed by atoms with Crippen molar-refractivity contribution < 1.29 is 14.0 Å². The van der Waals surface area contributed by atoms with E-state index in [-0.39, 0.29) is 42.1 Å². The van der Waals surface area contributed by atoms with Gasteiger partial charge in [-0.05, 0) is 62.2 Å². The highest BCUT2D eigenvalue weighted by Gasteiger charge is 2.17. The molecule has 2 amide bonds. The van der Waals surface area contributed by atoms with Crippen LogP contribution in [0.4, 0.5) is 15.8 Å². The summed E-state index contributed by atoms with van der Waals surface area (Å²) in [5, 5.41) is 8.63. The van der Waals surface area contributed by atoms with Crippen LogP contribution in [0, 0.1) is 11.7 Å². The molecule has 1 unspecified atom stereocenters. The lowest BCUT2D eigenvalue weighted by atomic mass is 10.0. The molecular weight excluding hydrogens is 406 g/mol. The molecule has 0 aliphatic carbocycles. The highest BCUT2D eigenvalue weighted by Crippen LogP contribution is 2.24. The number of benzene rings is 1. The van der Waals surface area contributed by atoms with E-state index in [0.29, 0.717) is 18.0 Å². The van der Waals surface area contributed by atoms with Crippen LogP contribution in [0.5, 0.6) is 0 Å². The second-order valence-corrected chi connectivity index (χ2v) is 6.30. The molecule has 0 bridgehead atoms. The summed E-state index contributed by atoms with van der Waals surface area (Å²) in [6.07, 6.45) is 3.72. The number of hydrogen-bond donors (Lipinski definition) is 3. The molecular formula is C19H23Cl2FN4O2. The number of hydrogen-bond acceptors (Lipinski definition) is 4. The number of carbonyl (C=O) groups is 2. The van der Waals surface area contributed by atoms with Crippen molar-refractivity contribution in [2.75, 3.05) is 23.7 Å². The van der Waals surface area contributed by atoms with Crippen molar-refractivity contribution in [2.24, 2.45) is 5.92 Å².